The van der Waals surface area contributed by atoms with E-state index in [0.29, 0.717) is 16.7 Å². The lowest BCUT2D eigenvalue weighted by Crippen LogP contribution is -2.21. The molecular formula is C15H20O2. The molecule has 0 unspecified atom stereocenters. The molecule has 0 spiro atoms. The Hall–Kier alpha value is -1.18. The van der Waals surface area contributed by atoms with Crippen molar-refractivity contribution in [3.8, 4) is 0 Å². The highest BCUT2D eigenvalue weighted by Crippen LogP contribution is 2.34. The molecule has 1 saturated carbocycles. The number of carbonyl (C=O) groups excluding carboxylic acids is 2. The lowest BCUT2D eigenvalue weighted by Gasteiger charge is -2.26. The quantitative estimate of drug-likeness (QED) is 0.699. The molecule has 0 atom stereocenters. The van der Waals surface area contributed by atoms with Crippen molar-refractivity contribution in [3.63, 3.8) is 0 Å². The van der Waals surface area contributed by atoms with Gasteiger partial charge in [-0.05, 0) is 39.5 Å². The summed E-state index contributed by atoms with van der Waals surface area (Å²) in [6.45, 7) is 5.32. The van der Waals surface area contributed by atoms with Crippen molar-refractivity contribution in [1.82, 2.24) is 0 Å². The highest BCUT2D eigenvalue weighted by Gasteiger charge is 2.28. The predicted molar refractivity (Wildman–Crippen MR) is 67.7 cm³/mol. The summed E-state index contributed by atoms with van der Waals surface area (Å²) < 4.78 is 0. The van der Waals surface area contributed by atoms with Crippen LogP contribution in [0.15, 0.2) is 22.3 Å². The second kappa shape index (κ2) is 4.59. The summed E-state index contributed by atoms with van der Waals surface area (Å²) in [6, 6.07) is 0. The van der Waals surface area contributed by atoms with E-state index in [-0.39, 0.29) is 11.6 Å². The molecule has 0 N–H and O–H groups in total. The molecule has 2 aliphatic rings. The number of rotatable bonds is 3. The van der Waals surface area contributed by atoms with E-state index in [1.807, 2.05) is 0 Å². The minimum absolute atomic E-state index is 0.0608. The molecule has 0 aromatic carbocycles. The van der Waals surface area contributed by atoms with Gasteiger partial charge in [-0.3, -0.25) is 9.59 Å². The van der Waals surface area contributed by atoms with Crippen molar-refractivity contribution >= 4 is 11.6 Å². The fourth-order valence-electron chi connectivity index (χ4n) is 2.59. The first-order valence-corrected chi connectivity index (χ1v) is 6.49. The third-order valence-electron chi connectivity index (χ3n) is 4.34. The van der Waals surface area contributed by atoms with E-state index < -0.39 is 0 Å². The average Bonchev–Trinajstić information content (AvgIpc) is 2.26. The van der Waals surface area contributed by atoms with Crippen LogP contribution in [-0.4, -0.2) is 11.6 Å². The van der Waals surface area contributed by atoms with Crippen LogP contribution in [0.5, 0.6) is 0 Å². The third-order valence-corrected chi connectivity index (χ3v) is 4.34. The van der Waals surface area contributed by atoms with Crippen molar-refractivity contribution in [1.29, 1.82) is 0 Å². The SMILES string of the molecule is CC1=C(C)C(=O)C(CCC2CCC2)=C(C)C1=O. The molecule has 1 fully saturated rings. The van der Waals surface area contributed by atoms with Crippen molar-refractivity contribution in [3.05, 3.63) is 22.3 Å². The van der Waals surface area contributed by atoms with Crippen LogP contribution in [0, 0.1) is 5.92 Å². The number of Topliss-reactive ketones (excluding diaryl/α,β-unsaturated/α-hetero) is 2. The smallest absolute Gasteiger partial charge is 0.185 e. The molecule has 0 saturated heterocycles. The number of carbonyl (C=O) groups is 2. The van der Waals surface area contributed by atoms with E-state index in [2.05, 4.69) is 0 Å². The topological polar surface area (TPSA) is 34.1 Å². The van der Waals surface area contributed by atoms with Crippen molar-refractivity contribution < 1.29 is 9.59 Å². The number of hydrogen-bond donors (Lipinski definition) is 0. The number of allylic oxidation sites excluding steroid dienone is 4. The predicted octanol–water partition coefficient (Wildman–Crippen LogP) is 3.37. The lowest BCUT2D eigenvalue weighted by molar-refractivity contribution is -0.116. The van der Waals surface area contributed by atoms with Crippen molar-refractivity contribution in [2.75, 3.05) is 0 Å². The van der Waals surface area contributed by atoms with Gasteiger partial charge < -0.3 is 0 Å². The molecule has 0 aliphatic heterocycles. The van der Waals surface area contributed by atoms with Crippen LogP contribution in [0.2, 0.25) is 0 Å². The molecule has 2 nitrogen and oxygen atoms in total. The van der Waals surface area contributed by atoms with Gasteiger partial charge in [-0.25, -0.2) is 0 Å². The van der Waals surface area contributed by atoms with Crippen LogP contribution in [0.3, 0.4) is 0 Å². The summed E-state index contributed by atoms with van der Waals surface area (Å²) in [5.74, 6) is 0.940. The summed E-state index contributed by atoms with van der Waals surface area (Å²) in [4.78, 5) is 24.1. The molecule has 17 heavy (non-hydrogen) atoms. The van der Waals surface area contributed by atoms with Gasteiger partial charge in [0.15, 0.2) is 11.6 Å². The maximum atomic E-state index is 12.1. The van der Waals surface area contributed by atoms with Gasteiger partial charge in [0, 0.05) is 22.3 Å². The summed E-state index contributed by atoms with van der Waals surface area (Å²) in [7, 11) is 0. The Balaban J connectivity index is 2.14. The Morgan fingerprint density at radius 3 is 2.06 bits per heavy atom. The van der Waals surface area contributed by atoms with Gasteiger partial charge in [-0.1, -0.05) is 19.3 Å². The van der Waals surface area contributed by atoms with Crippen LogP contribution in [0.25, 0.3) is 0 Å². The van der Waals surface area contributed by atoms with E-state index in [9.17, 15) is 9.59 Å². The first-order valence-electron chi connectivity index (χ1n) is 6.49. The van der Waals surface area contributed by atoms with Gasteiger partial charge in [-0.2, -0.15) is 0 Å². The zero-order chi connectivity index (χ0) is 12.6. The highest BCUT2D eigenvalue weighted by atomic mass is 16.1. The molecule has 2 aliphatic carbocycles. The maximum Gasteiger partial charge on any atom is 0.185 e. The molecule has 0 radical (unpaired) electrons. The molecule has 2 heteroatoms. The summed E-state index contributed by atoms with van der Waals surface area (Å²) >= 11 is 0. The van der Waals surface area contributed by atoms with Gasteiger partial charge in [-0.15, -0.1) is 0 Å². The molecule has 0 aromatic heterocycles. The average molecular weight is 232 g/mol. The minimum atomic E-state index is 0.0608. The standard InChI is InChI=1S/C15H20O2/c1-9-10(2)15(17)13(11(3)14(9)16)8-7-12-5-4-6-12/h12H,4-8H2,1-3H3. The highest BCUT2D eigenvalue weighted by molar-refractivity contribution is 6.24. The normalized spacial score (nSPS) is 22.3. The van der Waals surface area contributed by atoms with Gasteiger partial charge in [0.1, 0.15) is 0 Å². The summed E-state index contributed by atoms with van der Waals surface area (Å²) in [5, 5.41) is 0. The first kappa shape index (κ1) is 12.3. The van der Waals surface area contributed by atoms with Crippen LogP contribution >= 0.6 is 0 Å². The third kappa shape index (κ3) is 2.13. The molecule has 0 amide bonds. The van der Waals surface area contributed by atoms with Crippen molar-refractivity contribution in [2.45, 2.75) is 52.9 Å². The molecule has 2 rings (SSSR count). The second-order valence-electron chi connectivity index (χ2n) is 5.35. The zero-order valence-corrected chi connectivity index (χ0v) is 10.9. The first-order chi connectivity index (χ1) is 8.02. The number of hydrogen-bond acceptors (Lipinski definition) is 2. The van der Waals surface area contributed by atoms with Crippen LogP contribution in [-0.2, 0) is 9.59 Å². The Morgan fingerprint density at radius 2 is 1.53 bits per heavy atom. The summed E-state index contributed by atoms with van der Waals surface area (Å²) in [5.41, 5.74) is 2.71. The summed E-state index contributed by atoms with van der Waals surface area (Å²) in [6.07, 6.45) is 5.77. The zero-order valence-electron chi connectivity index (χ0n) is 10.9. The molecule has 0 aromatic rings. The Kier molecular flexibility index (Phi) is 3.32. The lowest BCUT2D eigenvalue weighted by atomic mass is 9.78. The Morgan fingerprint density at radius 1 is 0.941 bits per heavy atom. The van der Waals surface area contributed by atoms with E-state index in [1.54, 1.807) is 20.8 Å². The van der Waals surface area contributed by atoms with Crippen LogP contribution in [0.4, 0.5) is 0 Å². The van der Waals surface area contributed by atoms with Gasteiger partial charge in [0.2, 0.25) is 0 Å². The van der Waals surface area contributed by atoms with Gasteiger partial charge >= 0.3 is 0 Å². The van der Waals surface area contributed by atoms with E-state index in [4.69, 9.17) is 0 Å². The molecular weight excluding hydrogens is 212 g/mol. The molecule has 0 bridgehead atoms. The number of ketones is 2. The Bertz CT molecular complexity index is 434. The maximum absolute atomic E-state index is 12.1. The van der Waals surface area contributed by atoms with E-state index >= 15 is 0 Å². The largest absolute Gasteiger partial charge is 0.289 e. The van der Waals surface area contributed by atoms with Crippen molar-refractivity contribution in [2.24, 2.45) is 5.92 Å². The van der Waals surface area contributed by atoms with Crippen LogP contribution < -0.4 is 0 Å². The monoisotopic (exact) mass is 232 g/mol. The molecule has 0 heterocycles. The van der Waals surface area contributed by atoms with Gasteiger partial charge in [0.05, 0.1) is 0 Å². The fraction of sp³-hybridized carbons (Fsp3) is 0.600. The van der Waals surface area contributed by atoms with Gasteiger partial charge in [0.25, 0.3) is 0 Å². The minimum Gasteiger partial charge on any atom is -0.289 e. The molecule has 92 valence electrons. The van der Waals surface area contributed by atoms with E-state index in [1.165, 1.54) is 19.3 Å². The fourth-order valence-corrected chi connectivity index (χ4v) is 2.59. The Labute approximate surface area is 103 Å². The van der Waals surface area contributed by atoms with Crippen LogP contribution in [0.1, 0.15) is 52.9 Å². The second-order valence-corrected chi connectivity index (χ2v) is 5.35. The van der Waals surface area contributed by atoms with E-state index in [0.717, 1.165) is 24.3 Å².